The predicted octanol–water partition coefficient (Wildman–Crippen LogP) is 3.95. The van der Waals surface area contributed by atoms with Crippen LogP contribution in [0.25, 0.3) is 0 Å². The molecule has 0 saturated heterocycles. The van der Waals surface area contributed by atoms with Gasteiger partial charge in [0.05, 0.1) is 0 Å². The van der Waals surface area contributed by atoms with Gasteiger partial charge in [0.25, 0.3) is 0 Å². The average molecular weight is 328 g/mol. The van der Waals surface area contributed by atoms with Crippen molar-refractivity contribution in [3.8, 4) is 0 Å². The van der Waals surface area contributed by atoms with Gasteiger partial charge in [0.15, 0.2) is 0 Å². The van der Waals surface area contributed by atoms with E-state index < -0.39 is 9.67 Å². The molecular formula is C6H8Cl4Pd. The summed E-state index contributed by atoms with van der Waals surface area (Å²) in [4.78, 5) is -0.815. The first-order valence-electron chi connectivity index (χ1n) is 2.36. The maximum absolute atomic E-state index is 5.11. The molecule has 0 radical (unpaired) electrons. The van der Waals surface area contributed by atoms with Gasteiger partial charge in [-0.3, -0.25) is 0 Å². The van der Waals surface area contributed by atoms with Crippen molar-refractivity contribution in [3.63, 3.8) is 0 Å². The molecule has 0 N–H and O–H groups in total. The van der Waals surface area contributed by atoms with Crippen molar-refractivity contribution in [1.29, 1.82) is 0 Å². The molecule has 0 aromatic rings. The van der Waals surface area contributed by atoms with E-state index in [-0.39, 0.29) is 20.4 Å². The van der Waals surface area contributed by atoms with Crippen molar-refractivity contribution in [2.24, 2.45) is 0 Å². The number of rotatable bonds is 2. The summed E-state index contributed by atoms with van der Waals surface area (Å²) in [6, 6.07) is 0. The molecule has 0 aromatic carbocycles. The molecule has 0 amide bonds. The van der Waals surface area contributed by atoms with Gasteiger partial charge < -0.3 is 0 Å². The number of hydrogen-bond acceptors (Lipinski definition) is 0. The minimum absolute atomic E-state index is 0. The van der Waals surface area contributed by atoms with Crippen LogP contribution in [0.2, 0.25) is 0 Å². The summed E-state index contributed by atoms with van der Waals surface area (Å²) < 4.78 is 0. The minimum atomic E-state index is -0.407. The third-order valence-electron chi connectivity index (χ3n) is 0.356. The zero-order valence-electron chi connectivity index (χ0n) is 5.55. The topological polar surface area (TPSA) is 0 Å². The number of hydrogen-bond donors (Lipinski definition) is 0. The summed E-state index contributed by atoms with van der Waals surface area (Å²) in [5.74, 6) is 0. The van der Waals surface area contributed by atoms with Gasteiger partial charge in [0.2, 0.25) is 0 Å². The Morgan fingerprint density at radius 3 is 0.909 bits per heavy atom. The van der Waals surface area contributed by atoms with Crippen LogP contribution in [0, 0.1) is 0 Å². The second-order valence-electron chi connectivity index (χ2n) is 1.14. The Hall–Kier alpha value is 1.30. The van der Waals surface area contributed by atoms with Crippen LogP contribution >= 0.6 is 46.4 Å². The van der Waals surface area contributed by atoms with Crippen molar-refractivity contribution in [2.45, 2.75) is 9.67 Å². The Bertz CT molecular complexity index is 80.6. The predicted molar refractivity (Wildman–Crippen MR) is 51.4 cm³/mol. The summed E-state index contributed by atoms with van der Waals surface area (Å²) in [5, 5.41) is 0. The molecule has 11 heavy (non-hydrogen) atoms. The smallest absolute Gasteiger partial charge is 0.101 e. The van der Waals surface area contributed by atoms with Crippen LogP contribution in [-0.4, -0.2) is 9.67 Å². The first kappa shape index (κ1) is 18.2. The fourth-order valence-corrected chi connectivity index (χ4v) is 0. The zero-order chi connectivity index (χ0) is 8.57. The van der Waals surface area contributed by atoms with Gasteiger partial charge >= 0.3 is 0 Å². The summed E-state index contributed by atoms with van der Waals surface area (Å²) in [6.07, 6.45) is 2.90. The minimum Gasteiger partial charge on any atom is -0.101 e. The van der Waals surface area contributed by atoms with E-state index in [1.165, 1.54) is 12.2 Å². The molecule has 0 atom stereocenters. The SMILES string of the molecule is C=CC(Cl)Cl.C=CC(Cl)Cl.[Pd]. The van der Waals surface area contributed by atoms with Crippen LogP contribution in [-0.2, 0) is 20.4 Å². The monoisotopic (exact) mass is 326 g/mol. The van der Waals surface area contributed by atoms with E-state index in [0.717, 1.165) is 0 Å². The Labute approximate surface area is 101 Å². The van der Waals surface area contributed by atoms with Gasteiger partial charge in [-0.05, 0) is 0 Å². The standard InChI is InChI=1S/2C3H4Cl2.Pd/c2*1-2-3(4)5;/h2*2-3H,1H2;. The molecule has 5 heteroatoms. The molecule has 0 aliphatic heterocycles. The second kappa shape index (κ2) is 13.9. The zero-order valence-corrected chi connectivity index (χ0v) is 10.1. The summed E-state index contributed by atoms with van der Waals surface area (Å²) >= 11 is 20.4. The first-order valence-corrected chi connectivity index (χ1v) is 4.10. The third-order valence-corrected chi connectivity index (χ3v) is 1.07. The van der Waals surface area contributed by atoms with Crippen LogP contribution in [0.5, 0.6) is 0 Å². The van der Waals surface area contributed by atoms with E-state index in [9.17, 15) is 0 Å². The molecule has 0 unspecified atom stereocenters. The van der Waals surface area contributed by atoms with Crippen molar-refractivity contribution in [1.82, 2.24) is 0 Å². The molecule has 0 aliphatic carbocycles. The number of alkyl halides is 4. The average Bonchev–Trinajstić information content (AvgIpc) is 1.89. The molecule has 0 heterocycles. The number of halogens is 4. The quantitative estimate of drug-likeness (QED) is 0.409. The van der Waals surface area contributed by atoms with Crippen LogP contribution in [0.3, 0.4) is 0 Å². The second-order valence-corrected chi connectivity index (χ2v) is 3.47. The van der Waals surface area contributed by atoms with Gasteiger partial charge in [-0.1, -0.05) is 12.2 Å². The fourth-order valence-electron chi connectivity index (χ4n) is 0. The summed E-state index contributed by atoms with van der Waals surface area (Å²) in [6.45, 7) is 6.59. The van der Waals surface area contributed by atoms with Gasteiger partial charge in [0.1, 0.15) is 9.67 Å². The van der Waals surface area contributed by atoms with E-state index in [0.29, 0.717) is 0 Å². The van der Waals surface area contributed by atoms with Crippen molar-refractivity contribution < 1.29 is 20.4 Å². The summed E-state index contributed by atoms with van der Waals surface area (Å²) in [7, 11) is 0. The van der Waals surface area contributed by atoms with Gasteiger partial charge in [0, 0.05) is 20.4 Å². The molecule has 0 bridgehead atoms. The van der Waals surface area contributed by atoms with Crippen molar-refractivity contribution >= 4 is 46.4 Å². The maximum atomic E-state index is 5.11. The molecule has 0 nitrogen and oxygen atoms in total. The van der Waals surface area contributed by atoms with Crippen molar-refractivity contribution in [2.75, 3.05) is 0 Å². The molecule has 0 aromatic heterocycles. The van der Waals surface area contributed by atoms with Crippen molar-refractivity contribution in [3.05, 3.63) is 25.3 Å². The van der Waals surface area contributed by atoms with Gasteiger partial charge in [-0.25, -0.2) is 0 Å². The van der Waals surface area contributed by atoms with E-state index in [2.05, 4.69) is 13.2 Å². The van der Waals surface area contributed by atoms with E-state index in [4.69, 9.17) is 46.4 Å². The van der Waals surface area contributed by atoms with Gasteiger partial charge in [-0.2, -0.15) is 0 Å². The van der Waals surface area contributed by atoms with Crippen LogP contribution in [0.1, 0.15) is 0 Å². The maximum Gasteiger partial charge on any atom is 0.125 e. The van der Waals surface area contributed by atoms with E-state index in [1.807, 2.05) is 0 Å². The molecule has 0 rings (SSSR count). The first-order chi connectivity index (χ1) is 4.54. The van der Waals surface area contributed by atoms with E-state index >= 15 is 0 Å². The Balaban J connectivity index is -0.000000107. The molecule has 0 aliphatic rings. The number of allylic oxidation sites excluding steroid dienone is 2. The normalized spacial score (nSPS) is 7.82. The Morgan fingerprint density at radius 1 is 0.818 bits per heavy atom. The Morgan fingerprint density at radius 2 is 0.909 bits per heavy atom. The molecule has 0 saturated carbocycles. The van der Waals surface area contributed by atoms with Crippen LogP contribution < -0.4 is 0 Å². The van der Waals surface area contributed by atoms with E-state index in [1.54, 1.807) is 0 Å². The van der Waals surface area contributed by atoms with Crippen LogP contribution in [0.15, 0.2) is 25.3 Å². The molecule has 70 valence electrons. The summed E-state index contributed by atoms with van der Waals surface area (Å²) in [5.41, 5.74) is 0. The fraction of sp³-hybridized carbons (Fsp3) is 0.333. The Kier molecular flexibility index (Phi) is 22.9. The molecule has 0 spiro atoms. The van der Waals surface area contributed by atoms with Crippen LogP contribution in [0.4, 0.5) is 0 Å². The van der Waals surface area contributed by atoms with Gasteiger partial charge in [-0.15, -0.1) is 59.6 Å². The molecule has 0 fully saturated rings. The molecular weight excluding hydrogens is 320 g/mol. The largest absolute Gasteiger partial charge is 0.125 e. The third kappa shape index (κ3) is 34.8.